The number of hydroxylamine groups is 2. The van der Waals surface area contributed by atoms with Gasteiger partial charge in [0.15, 0.2) is 0 Å². The Labute approximate surface area is 80.3 Å². The van der Waals surface area contributed by atoms with E-state index in [-0.39, 0.29) is 11.5 Å². The van der Waals surface area contributed by atoms with E-state index in [1.165, 1.54) is 17.3 Å². The molecule has 0 aromatic carbocycles. The van der Waals surface area contributed by atoms with Crippen LogP contribution >= 0.6 is 0 Å². The molecule has 1 saturated heterocycles. The van der Waals surface area contributed by atoms with Crippen molar-refractivity contribution >= 4 is 5.91 Å². The van der Waals surface area contributed by atoms with Gasteiger partial charge in [0, 0.05) is 17.8 Å². The topological polar surface area (TPSA) is 62.4 Å². The molecule has 0 saturated carbocycles. The summed E-state index contributed by atoms with van der Waals surface area (Å²) in [6, 6.07) is 2.83. The van der Waals surface area contributed by atoms with Crippen molar-refractivity contribution in [2.75, 3.05) is 13.2 Å². The SMILES string of the molecule is O=C(c1cc[nH]c(=O)c1)N1CCCO1. The molecule has 0 aliphatic carbocycles. The first-order valence-corrected chi connectivity index (χ1v) is 4.41. The fourth-order valence-corrected chi connectivity index (χ4v) is 1.33. The molecule has 14 heavy (non-hydrogen) atoms. The first kappa shape index (κ1) is 8.96. The Morgan fingerprint density at radius 3 is 3.07 bits per heavy atom. The van der Waals surface area contributed by atoms with Crippen molar-refractivity contribution in [3.8, 4) is 0 Å². The molecule has 0 unspecified atom stereocenters. The third-order valence-electron chi connectivity index (χ3n) is 2.00. The number of aromatic amines is 1. The van der Waals surface area contributed by atoms with Crippen molar-refractivity contribution in [1.82, 2.24) is 10.0 Å². The van der Waals surface area contributed by atoms with E-state index in [0.29, 0.717) is 18.7 Å². The van der Waals surface area contributed by atoms with E-state index in [2.05, 4.69) is 4.98 Å². The zero-order chi connectivity index (χ0) is 9.97. The van der Waals surface area contributed by atoms with Crippen LogP contribution in [0.4, 0.5) is 0 Å². The minimum Gasteiger partial charge on any atom is -0.329 e. The molecule has 0 atom stereocenters. The Hall–Kier alpha value is -1.62. The van der Waals surface area contributed by atoms with Gasteiger partial charge in [-0.2, -0.15) is 0 Å². The van der Waals surface area contributed by atoms with Gasteiger partial charge in [-0.15, -0.1) is 0 Å². The van der Waals surface area contributed by atoms with Crippen LogP contribution in [0.25, 0.3) is 0 Å². The third kappa shape index (κ3) is 1.67. The normalized spacial score (nSPS) is 15.9. The van der Waals surface area contributed by atoms with E-state index in [1.54, 1.807) is 6.07 Å². The second-order valence-electron chi connectivity index (χ2n) is 3.04. The highest BCUT2D eigenvalue weighted by atomic mass is 16.7. The van der Waals surface area contributed by atoms with E-state index in [4.69, 9.17) is 4.84 Å². The van der Waals surface area contributed by atoms with Gasteiger partial charge in [-0.3, -0.25) is 14.4 Å². The number of nitrogens with one attached hydrogen (secondary N) is 1. The summed E-state index contributed by atoms with van der Waals surface area (Å²) in [6.07, 6.45) is 2.29. The van der Waals surface area contributed by atoms with E-state index in [9.17, 15) is 9.59 Å². The molecule has 5 heteroatoms. The van der Waals surface area contributed by atoms with Gasteiger partial charge in [-0.1, -0.05) is 0 Å². The molecule has 0 bridgehead atoms. The van der Waals surface area contributed by atoms with Crippen molar-refractivity contribution in [2.24, 2.45) is 0 Å². The first-order valence-electron chi connectivity index (χ1n) is 4.41. The molecule has 74 valence electrons. The minimum atomic E-state index is -0.282. The second kappa shape index (κ2) is 3.63. The predicted octanol–water partition coefficient (Wildman–Crippen LogP) is 0.152. The van der Waals surface area contributed by atoms with Crippen LogP contribution in [-0.2, 0) is 4.84 Å². The summed E-state index contributed by atoms with van der Waals surface area (Å²) in [5, 5.41) is 1.29. The standard InChI is InChI=1S/C9H10N2O3/c12-8-6-7(2-3-10-8)9(13)11-4-1-5-14-11/h2-3,6H,1,4-5H2,(H,10,12). The van der Waals surface area contributed by atoms with Gasteiger partial charge >= 0.3 is 0 Å². The van der Waals surface area contributed by atoms with Crippen LogP contribution in [0.2, 0.25) is 0 Å². The number of carbonyl (C=O) groups excluding carboxylic acids is 1. The van der Waals surface area contributed by atoms with Gasteiger partial charge in [-0.25, -0.2) is 5.06 Å². The molecule has 5 nitrogen and oxygen atoms in total. The maximum atomic E-state index is 11.6. The van der Waals surface area contributed by atoms with Crippen molar-refractivity contribution in [3.63, 3.8) is 0 Å². The molecule has 2 rings (SSSR count). The molecule has 0 radical (unpaired) electrons. The lowest BCUT2D eigenvalue weighted by molar-refractivity contribution is -0.0768. The van der Waals surface area contributed by atoms with Gasteiger partial charge < -0.3 is 4.98 Å². The highest BCUT2D eigenvalue weighted by Gasteiger charge is 2.20. The van der Waals surface area contributed by atoms with E-state index < -0.39 is 0 Å². The second-order valence-corrected chi connectivity index (χ2v) is 3.04. The average molecular weight is 194 g/mol. The Morgan fingerprint density at radius 2 is 2.43 bits per heavy atom. The quantitative estimate of drug-likeness (QED) is 0.692. The Balaban J connectivity index is 2.22. The lowest BCUT2D eigenvalue weighted by Gasteiger charge is -2.12. The minimum absolute atomic E-state index is 0.256. The van der Waals surface area contributed by atoms with Crippen LogP contribution in [0.3, 0.4) is 0 Å². The van der Waals surface area contributed by atoms with Crippen molar-refractivity contribution in [3.05, 3.63) is 34.2 Å². The lowest BCUT2D eigenvalue weighted by Crippen LogP contribution is -2.27. The summed E-state index contributed by atoms with van der Waals surface area (Å²) >= 11 is 0. The lowest BCUT2D eigenvalue weighted by atomic mass is 10.2. The molecular weight excluding hydrogens is 184 g/mol. The van der Waals surface area contributed by atoms with Crippen LogP contribution in [0, 0.1) is 0 Å². The van der Waals surface area contributed by atoms with Gasteiger partial charge in [0.25, 0.3) is 5.91 Å². The maximum absolute atomic E-state index is 11.6. The van der Waals surface area contributed by atoms with Gasteiger partial charge in [0.1, 0.15) is 0 Å². The van der Waals surface area contributed by atoms with Crippen LogP contribution < -0.4 is 5.56 Å². The summed E-state index contributed by atoms with van der Waals surface area (Å²) in [6.45, 7) is 1.15. The monoisotopic (exact) mass is 194 g/mol. The average Bonchev–Trinajstić information content (AvgIpc) is 2.69. The van der Waals surface area contributed by atoms with Crippen molar-refractivity contribution < 1.29 is 9.63 Å². The molecular formula is C9H10N2O3. The molecule has 1 aliphatic heterocycles. The summed E-state index contributed by atoms with van der Waals surface area (Å²) in [4.78, 5) is 30.1. The molecule has 0 spiro atoms. The third-order valence-corrected chi connectivity index (χ3v) is 2.00. The number of pyridine rings is 1. The summed E-state index contributed by atoms with van der Waals surface area (Å²) < 4.78 is 0. The number of amides is 1. The van der Waals surface area contributed by atoms with Gasteiger partial charge in [0.05, 0.1) is 13.2 Å². The summed E-state index contributed by atoms with van der Waals surface area (Å²) in [7, 11) is 0. The van der Waals surface area contributed by atoms with Crippen molar-refractivity contribution in [1.29, 1.82) is 0 Å². The number of aromatic nitrogens is 1. The number of carbonyl (C=O) groups is 1. The highest BCUT2D eigenvalue weighted by Crippen LogP contribution is 2.09. The van der Waals surface area contributed by atoms with Crippen LogP contribution in [0.1, 0.15) is 16.8 Å². The Bertz CT molecular complexity index is 393. The molecule has 1 N–H and O–H groups in total. The zero-order valence-corrected chi connectivity index (χ0v) is 7.53. The molecule has 1 aromatic heterocycles. The predicted molar refractivity (Wildman–Crippen MR) is 48.7 cm³/mol. The Morgan fingerprint density at radius 1 is 1.57 bits per heavy atom. The summed E-state index contributed by atoms with van der Waals surface area (Å²) in [5.74, 6) is -0.256. The zero-order valence-electron chi connectivity index (χ0n) is 7.53. The van der Waals surface area contributed by atoms with E-state index >= 15 is 0 Å². The number of hydrogen-bond acceptors (Lipinski definition) is 3. The van der Waals surface area contributed by atoms with Crippen molar-refractivity contribution in [2.45, 2.75) is 6.42 Å². The van der Waals surface area contributed by atoms with Gasteiger partial charge in [0.2, 0.25) is 5.56 Å². The van der Waals surface area contributed by atoms with E-state index in [1.807, 2.05) is 0 Å². The highest BCUT2D eigenvalue weighted by molar-refractivity contribution is 5.93. The maximum Gasteiger partial charge on any atom is 0.277 e. The van der Waals surface area contributed by atoms with Crippen LogP contribution in [0.5, 0.6) is 0 Å². The van der Waals surface area contributed by atoms with Crippen LogP contribution in [-0.4, -0.2) is 29.1 Å². The fraction of sp³-hybridized carbons (Fsp3) is 0.333. The number of nitrogens with zero attached hydrogens (tertiary/aromatic N) is 1. The smallest absolute Gasteiger partial charge is 0.277 e. The number of H-pyrrole nitrogens is 1. The molecule has 1 fully saturated rings. The van der Waals surface area contributed by atoms with E-state index in [0.717, 1.165) is 6.42 Å². The summed E-state index contributed by atoms with van der Waals surface area (Å²) in [5.41, 5.74) is 0.0747. The molecule has 1 amide bonds. The Kier molecular flexibility index (Phi) is 2.32. The van der Waals surface area contributed by atoms with Gasteiger partial charge in [-0.05, 0) is 12.5 Å². The molecule has 1 aliphatic rings. The fourth-order valence-electron chi connectivity index (χ4n) is 1.33. The number of hydrogen-bond donors (Lipinski definition) is 1. The number of rotatable bonds is 1. The molecule has 2 heterocycles. The first-order chi connectivity index (χ1) is 6.77. The van der Waals surface area contributed by atoms with Crippen LogP contribution in [0.15, 0.2) is 23.1 Å². The molecule has 1 aromatic rings. The largest absolute Gasteiger partial charge is 0.329 e.